The highest BCUT2D eigenvalue weighted by atomic mass is 16.6. The number of ether oxygens (including phenoxy) is 3. The average Bonchev–Trinajstić information content (AvgIpc) is 3.39. The fourth-order valence-corrected chi connectivity index (χ4v) is 7.50. The number of hydrogen-bond acceptors (Lipinski definition) is 6. The Morgan fingerprint density at radius 1 is 0.288 bits per heavy atom. The van der Waals surface area contributed by atoms with E-state index in [1.165, 1.54) is 89.9 Å². The van der Waals surface area contributed by atoms with Gasteiger partial charge in [0.25, 0.3) is 0 Å². The Balaban J connectivity index is 4.60. The fourth-order valence-electron chi connectivity index (χ4n) is 7.50. The monoisotopic (exact) mass is 1010 g/mol. The fraction of sp³-hybridized carbons (Fsp3) is 0.597. The van der Waals surface area contributed by atoms with Gasteiger partial charge in [0, 0.05) is 19.3 Å². The van der Waals surface area contributed by atoms with E-state index in [0.717, 1.165) is 96.3 Å². The summed E-state index contributed by atoms with van der Waals surface area (Å²) in [5, 5.41) is 0. The van der Waals surface area contributed by atoms with Crippen LogP contribution in [0.4, 0.5) is 0 Å². The summed E-state index contributed by atoms with van der Waals surface area (Å²) in [6.07, 6.45) is 85.7. The van der Waals surface area contributed by atoms with Crippen LogP contribution in [0, 0.1) is 0 Å². The van der Waals surface area contributed by atoms with Crippen molar-refractivity contribution in [2.45, 2.75) is 245 Å². The molecule has 0 saturated heterocycles. The zero-order valence-electron chi connectivity index (χ0n) is 46.8. The van der Waals surface area contributed by atoms with E-state index in [2.05, 4.69) is 154 Å². The number of rotatable bonds is 51. The van der Waals surface area contributed by atoms with Gasteiger partial charge in [-0.2, -0.15) is 0 Å². The number of carbonyl (C=O) groups is 3. The molecular formula is C67H106O6. The van der Waals surface area contributed by atoms with Gasteiger partial charge in [-0.25, -0.2) is 0 Å². The van der Waals surface area contributed by atoms with Gasteiger partial charge in [-0.1, -0.05) is 244 Å². The van der Waals surface area contributed by atoms with Crippen molar-refractivity contribution >= 4 is 17.9 Å². The predicted molar refractivity (Wildman–Crippen MR) is 315 cm³/mol. The largest absolute Gasteiger partial charge is 0.462 e. The summed E-state index contributed by atoms with van der Waals surface area (Å²) in [6.45, 7) is 6.29. The Morgan fingerprint density at radius 3 is 0.973 bits per heavy atom. The van der Waals surface area contributed by atoms with Gasteiger partial charge in [-0.3, -0.25) is 14.4 Å². The lowest BCUT2D eigenvalue weighted by Crippen LogP contribution is -2.30. The van der Waals surface area contributed by atoms with Gasteiger partial charge in [0.15, 0.2) is 6.10 Å². The Morgan fingerprint density at radius 2 is 0.575 bits per heavy atom. The van der Waals surface area contributed by atoms with E-state index in [-0.39, 0.29) is 44.0 Å². The van der Waals surface area contributed by atoms with E-state index in [0.29, 0.717) is 19.3 Å². The van der Waals surface area contributed by atoms with Crippen LogP contribution >= 0.6 is 0 Å². The van der Waals surface area contributed by atoms with E-state index in [1.807, 2.05) is 12.2 Å². The molecule has 0 spiro atoms. The first-order valence-electron chi connectivity index (χ1n) is 29.3. The Hall–Kier alpha value is -4.71. The molecule has 0 bridgehead atoms. The van der Waals surface area contributed by atoms with Crippen LogP contribution in [-0.2, 0) is 28.6 Å². The first-order chi connectivity index (χ1) is 36.0. The van der Waals surface area contributed by atoms with Gasteiger partial charge in [0.2, 0.25) is 0 Å². The van der Waals surface area contributed by atoms with Crippen molar-refractivity contribution < 1.29 is 28.6 Å². The third kappa shape index (κ3) is 58.1. The first kappa shape index (κ1) is 68.3. The van der Waals surface area contributed by atoms with Gasteiger partial charge in [-0.05, 0) is 122 Å². The van der Waals surface area contributed by atoms with Crippen LogP contribution < -0.4 is 0 Å². The summed E-state index contributed by atoms with van der Waals surface area (Å²) in [5.74, 6) is -1.08. The van der Waals surface area contributed by atoms with Crippen LogP contribution in [0.3, 0.4) is 0 Å². The normalized spacial score (nSPS) is 13.2. The van der Waals surface area contributed by atoms with Gasteiger partial charge in [0.05, 0.1) is 0 Å². The molecule has 0 N–H and O–H groups in total. The second-order valence-electron chi connectivity index (χ2n) is 18.8. The van der Waals surface area contributed by atoms with Crippen molar-refractivity contribution in [3.8, 4) is 0 Å². The molecule has 0 fully saturated rings. The molecule has 0 aromatic heterocycles. The molecule has 1 unspecified atom stereocenters. The average molecular weight is 1010 g/mol. The van der Waals surface area contributed by atoms with Crippen LogP contribution in [0.25, 0.3) is 0 Å². The second kappa shape index (κ2) is 59.8. The molecule has 0 aliphatic heterocycles. The molecule has 0 aliphatic carbocycles. The molecule has 0 aromatic rings. The molecule has 0 heterocycles. The van der Waals surface area contributed by atoms with E-state index in [1.54, 1.807) is 0 Å². The quantitative estimate of drug-likeness (QED) is 0.0261. The van der Waals surface area contributed by atoms with Gasteiger partial charge < -0.3 is 14.2 Å². The van der Waals surface area contributed by atoms with E-state index >= 15 is 0 Å². The summed E-state index contributed by atoms with van der Waals surface area (Å²) in [7, 11) is 0. The molecule has 0 rings (SSSR count). The van der Waals surface area contributed by atoms with Crippen LogP contribution in [0.15, 0.2) is 146 Å². The molecular weight excluding hydrogens is 901 g/mol. The Labute approximate surface area is 448 Å². The highest BCUT2D eigenvalue weighted by molar-refractivity contribution is 5.71. The highest BCUT2D eigenvalue weighted by Gasteiger charge is 2.19. The van der Waals surface area contributed by atoms with E-state index in [4.69, 9.17) is 14.2 Å². The highest BCUT2D eigenvalue weighted by Crippen LogP contribution is 2.14. The molecule has 0 aromatic carbocycles. The van der Waals surface area contributed by atoms with Gasteiger partial charge in [0.1, 0.15) is 13.2 Å². The van der Waals surface area contributed by atoms with Crippen LogP contribution in [0.5, 0.6) is 0 Å². The van der Waals surface area contributed by atoms with Gasteiger partial charge in [-0.15, -0.1) is 0 Å². The number of unbranched alkanes of at least 4 members (excludes halogenated alkanes) is 16. The Kier molecular flexibility index (Phi) is 56.0. The lowest BCUT2D eigenvalue weighted by atomic mass is 10.1. The second-order valence-corrected chi connectivity index (χ2v) is 18.8. The Bertz CT molecular complexity index is 1630. The molecule has 0 radical (unpaired) electrons. The summed E-state index contributed by atoms with van der Waals surface area (Å²) in [4.78, 5) is 38.2. The lowest BCUT2D eigenvalue weighted by Gasteiger charge is -2.18. The number of allylic oxidation sites excluding steroid dienone is 24. The first-order valence-corrected chi connectivity index (χ1v) is 29.3. The van der Waals surface area contributed by atoms with Crippen molar-refractivity contribution in [3.63, 3.8) is 0 Å². The summed E-state index contributed by atoms with van der Waals surface area (Å²) in [5.41, 5.74) is 0. The van der Waals surface area contributed by atoms with Crippen LogP contribution in [-0.4, -0.2) is 37.2 Å². The summed E-state index contributed by atoms with van der Waals surface area (Å²) in [6, 6.07) is 0. The third-order valence-corrected chi connectivity index (χ3v) is 11.8. The number of esters is 3. The molecule has 0 aliphatic rings. The minimum atomic E-state index is -0.840. The number of hydrogen-bond donors (Lipinski definition) is 0. The standard InChI is InChI=1S/C67H106O6/c1-4-7-10-13-16-19-22-25-28-31-33-36-39-42-45-48-51-54-57-60-66(69)72-63-64(62-71-65(68)59-56-53-50-47-44-41-38-35-30-27-24-21-18-15-12-9-6-3)73-67(70)61-58-55-52-49-46-43-40-37-34-32-29-26-23-20-17-14-11-8-5-2/h7,9-10,12,16,18-19,21,25-30,33,36,38,41-42,45,47,50-51,54,64H,4-6,8,11,13-15,17,20,22-24,31-32,34-35,37,39-40,43-44,46,48-49,52-53,55-63H2,1-3H3/b10-7-,12-9-,19-16-,21-18-,28-25-,29-26-,30-27-,36-33-,41-38-,45-42-,50-47-,54-51-. The maximum atomic E-state index is 12.9. The van der Waals surface area contributed by atoms with Crippen LogP contribution in [0.1, 0.15) is 239 Å². The van der Waals surface area contributed by atoms with Crippen LogP contribution in [0.2, 0.25) is 0 Å². The minimum Gasteiger partial charge on any atom is -0.462 e. The molecule has 6 heteroatoms. The molecule has 6 nitrogen and oxygen atoms in total. The molecule has 410 valence electrons. The maximum Gasteiger partial charge on any atom is 0.306 e. The molecule has 73 heavy (non-hydrogen) atoms. The molecule has 0 saturated carbocycles. The summed E-state index contributed by atoms with van der Waals surface area (Å²) < 4.78 is 16.8. The van der Waals surface area contributed by atoms with Gasteiger partial charge >= 0.3 is 17.9 Å². The van der Waals surface area contributed by atoms with Crippen molar-refractivity contribution in [3.05, 3.63) is 146 Å². The molecule has 1 atom stereocenters. The van der Waals surface area contributed by atoms with Crippen molar-refractivity contribution in [2.75, 3.05) is 13.2 Å². The van der Waals surface area contributed by atoms with Crippen molar-refractivity contribution in [2.24, 2.45) is 0 Å². The minimum absolute atomic E-state index is 0.137. The topological polar surface area (TPSA) is 78.9 Å². The van der Waals surface area contributed by atoms with Crippen molar-refractivity contribution in [1.82, 2.24) is 0 Å². The van der Waals surface area contributed by atoms with E-state index in [9.17, 15) is 14.4 Å². The predicted octanol–water partition coefficient (Wildman–Crippen LogP) is 20.0. The summed E-state index contributed by atoms with van der Waals surface area (Å²) >= 11 is 0. The van der Waals surface area contributed by atoms with Crippen molar-refractivity contribution in [1.29, 1.82) is 0 Å². The third-order valence-electron chi connectivity index (χ3n) is 11.8. The zero-order chi connectivity index (χ0) is 52.9. The zero-order valence-corrected chi connectivity index (χ0v) is 46.8. The van der Waals surface area contributed by atoms with E-state index < -0.39 is 6.10 Å². The number of carbonyl (C=O) groups excluding carboxylic acids is 3. The maximum absolute atomic E-state index is 12.9. The lowest BCUT2D eigenvalue weighted by molar-refractivity contribution is -0.166. The SMILES string of the molecule is CC/C=C\C/C=C\C/C=C\C/C=C\C/C=C\C/C=C\CCC(=O)OCC(COC(=O)CCC/C=C\C/C=C\C/C=C\C/C=C\C/C=C\CC)OC(=O)CCCCCCCCCCC/C=C\CCCCCCCC. The molecule has 0 amide bonds. The smallest absolute Gasteiger partial charge is 0.306 e.